The molecule has 0 fully saturated rings. The fraction of sp³-hybridized carbons (Fsp3) is 0.471. The summed E-state index contributed by atoms with van der Waals surface area (Å²) in [6.07, 6.45) is 3.85. The molecule has 0 saturated heterocycles. The van der Waals surface area contributed by atoms with Crippen molar-refractivity contribution in [3.8, 4) is 0 Å². The molecule has 1 atom stereocenters. The summed E-state index contributed by atoms with van der Waals surface area (Å²) >= 11 is 0. The molecule has 0 amide bonds. The van der Waals surface area contributed by atoms with Crippen molar-refractivity contribution in [2.75, 3.05) is 20.6 Å². The predicted octanol–water partition coefficient (Wildman–Crippen LogP) is 2.86. The number of likely N-dealkylation sites (N-methyl/N-ethyl adjacent to an activating group) is 1. The van der Waals surface area contributed by atoms with Crippen LogP contribution in [0.4, 0.5) is 0 Å². The van der Waals surface area contributed by atoms with Crippen LogP contribution in [0.3, 0.4) is 0 Å². The molecule has 0 aliphatic heterocycles. The highest BCUT2D eigenvalue weighted by Gasteiger charge is 2.13. The normalized spacial score (nSPS) is 13.0. The minimum atomic E-state index is 0.377. The molecular formula is C17H26N4. The first-order chi connectivity index (χ1) is 10.1. The van der Waals surface area contributed by atoms with Crippen LogP contribution in [0.25, 0.3) is 0 Å². The van der Waals surface area contributed by atoms with Crippen LogP contribution in [0, 0.1) is 0 Å². The maximum atomic E-state index is 4.25. The third-order valence-electron chi connectivity index (χ3n) is 3.75. The average Bonchev–Trinajstić information content (AvgIpc) is 2.92. The van der Waals surface area contributed by atoms with E-state index < -0.39 is 0 Å². The van der Waals surface area contributed by atoms with E-state index in [0.29, 0.717) is 12.1 Å². The van der Waals surface area contributed by atoms with Gasteiger partial charge in [0.05, 0.1) is 12.0 Å². The fourth-order valence-corrected chi connectivity index (χ4v) is 2.54. The molecule has 4 heteroatoms. The average molecular weight is 286 g/mol. The maximum Gasteiger partial charge on any atom is 0.0951 e. The number of rotatable bonds is 7. The Morgan fingerprint density at radius 2 is 1.90 bits per heavy atom. The molecule has 1 unspecified atom stereocenters. The molecule has 0 aliphatic rings. The molecule has 0 aliphatic carbocycles. The number of nitrogens with one attached hydrogen (secondary N) is 1. The zero-order chi connectivity index (χ0) is 15.2. The molecule has 0 radical (unpaired) electrons. The second-order valence-corrected chi connectivity index (χ2v) is 5.91. The topological polar surface area (TPSA) is 33.1 Å². The summed E-state index contributed by atoms with van der Waals surface area (Å²) in [6, 6.07) is 11.4. The molecule has 1 N–H and O–H groups in total. The summed E-state index contributed by atoms with van der Waals surface area (Å²) in [5, 5.41) is 3.56. The van der Waals surface area contributed by atoms with E-state index in [1.165, 1.54) is 11.3 Å². The van der Waals surface area contributed by atoms with Gasteiger partial charge in [-0.15, -0.1) is 0 Å². The SMILES string of the molecule is CC(C)n1cncc1CNCC(c1ccccc1)N(C)C. The number of aromatic nitrogens is 2. The lowest BCUT2D eigenvalue weighted by molar-refractivity contribution is 0.287. The Morgan fingerprint density at radius 3 is 2.52 bits per heavy atom. The van der Waals surface area contributed by atoms with Gasteiger partial charge in [0.15, 0.2) is 0 Å². The van der Waals surface area contributed by atoms with Crippen LogP contribution in [0.1, 0.15) is 37.2 Å². The van der Waals surface area contributed by atoms with Crippen molar-refractivity contribution in [1.29, 1.82) is 0 Å². The van der Waals surface area contributed by atoms with Crippen molar-refractivity contribution in [1.82, 2.24) is 19.8 Å². The van der Waals surface area contributed by atoms with Crippen molar-refractivity contribution in [2.45, 2.75) is 32.5 Å². The van der Waals surface area contributed by atoms with Crippen LogP contribution in [0.5, 0.6) is 0 Å². The molecule has 1 aromatic carbocycles. The molecule has 0 spiro atoms. The first kappa shape index (κ1) is 15.7. The van der Waals surface area contributed by atoms with Gasteiger partial charge in [0.25, 0.3) is 0 Å². The van der Waals surface area contributed by atoms with E-state index in [1.54, 1.807) is 0 Å². The molecular weight excluding hydrogens is 260 g/mol. The first-order valence-electron chi connectivity index (χ1n) is 7.52. The molecule has 0 bridgehead atoms. The van der Waals surface area contributed by atoms with Crippen molar-refractivity contribution >= 4 is 0 Å². The third kappa shape index (κ3) is 4.16. The largest absolute Gasteiger partial charge is 0.331 e. The smallest absolute Gasteiger partial charge is 0.0951 e. The van der Waals surface area contributed by atoms with E-state index >= 15 is 0 Å². The molecule has 21 heavy (non-hydrogen) atoms. The standard InChI is InChI=1S/C17H26N4/c1-14(2)21-13-19-11-16(21)10-18-12-17(20(3)4)15-8-6-5-7-9-15/h5-9,11,13-14,17-18H,10,12H2,1-4H3. The van der Waals surface area contributed by atoms with Crippen LogP contribution in [-0.2, 0) is 6.54 Å². The number of hydrogen-bond acceptors (Lipinski definition) is 3. The van der Waals surface area contributed by atoms with Gasteiger partial charge in [-0.05, 0) is 33.5 Å². The van der Waals surface area contributed by atoms with Crippen LogP contribution >= 0.6 is 0 Å². The Hall–Kier alpha value is -1.65. The van der Waals surface area contributed by atoms with Gasteiger partial charge < -0.3 is 14.8 Å². The van der Waals surface area contributed by atoms with E-state index in [-0.39, 0.29) is 0 Å². The van der Waals surface area contributed by atoms with E-state index in [1.807, 2.05) is 12.5 Å². The molecule has 2 aromatic rings. The molecule has 1 aromatic heterocycles. The highest BCUT2D eigenvalue weighted by atomic mass is 15.1. The number of hydrogen-bond donors (Lipinski definition) is 1. The second-order valence-electron chi connectivity index (χ2n) is 5.91. The number of nitrogens with zero attached hydrogens (tertiary/aromatic N) is 3. The molecule has 0 saturated carbocycles. The van der Waals surface area contributed by atoms with Crippen molar-refractivity contribution < 1.29 is 0 Å². The quantitative estimate of drug-likeness (QED) is 0.849. The summed E-state index contributed by atoms with van der Waals surface area (Å²) in [5.74, 6) is 0. The van der Waals surface area contributed by atoms with Crippen LogP contribution < -0.4 is 5.32 Å². The Kier molecular flexibility index (Phi) is 5.53. The first-order valence-corrected chi connectivity index (χ1v) is 7.52. The van der Waals surface area contributed by atoms with Crippen molar-refractivity contribution in [2.24, 2.45) is 0 Å². The highest BCUT2D eigenvalue weighted by molar-refractivity contribution is 5.19. The maximum absolute atomic E-state index is 4.25. The zero-order valence-electron chi connectivity index (χ0n) is 13.5. The van der Waals surface area contributed by atoms with Gasteiger partial charge in [0, 0.05) is 31.4 Å². The van der Waals surface area contributed by atoms with Crippen molar-refractivity contribution in [3.05, 3.63) is 54.1 Å². The molecule has 114 valence electrons. The van der Waals surface area contributed by atoms with Crippen LogP contribution in [-0.4, -0.2) is 35.1 Å². The minimum absolute atomic E-state index is 0.377. The second kappa shape index (κ2) is 7.38. The van der Waals surface area contributed by atoms with Gasteiger partial charge in [-0.1, -0.05) is 30.3 Å². The predicted molar refractivity (Wildman–Crippen MR) is 87.2 cm³/mol. The van der Waals surface area contributed by atoms with Gasteiger partial charge in [-0.2, -0.15) is 0 Å². The van der Waals surface area contributed by atoms with Gasteiger partial charge in [-0.3, -0.25) is 0 Å². The monoisotopic (exact) mass is 286 g/mol. The van der Waals surface area contributed by atoms with Crippen LogP contribution in [0.2, 0.25) is 0 Å². The van der Waals surface area contributed by atoms with Gasteiger partial charge in [0.1, 0.15) is 0 Å². The minimum Gasteiger partial charge on any atom is -0.331 e. The third-order valence-corrected chi connectivity index (χ3v) is 3.75. The molecule has 4 nitrogen and oxygen atoms in total. The number of imidazole rings is 1. The summed E-state index contributed by atoms with van der Waals surface area (Å²) < 4.78 is 2.21. The molecule has 2 rings (SSSR count). The lowest BCUT2D eigenvalue weighted by Crippen LogP contribution is -2.31. The zero-order valence-corrected chi connectivity index (χ0v) is 13.5. The summed E-state index contributed by atoms with van der Waals surface area (Å²) in [5.41, 5.74) is 2.57. The lowest BCUT2D eigenvalue weighted by Gasteiger charge is -2.25. The highest BCUT2D eigenvalue weighted by Crippen LogP contribution is 2.17. The lowest BCUT2D eigenvalue weighted by atomic mass is 10.1. The summed E-state index contributed by atoms with van der Waals surface area (Å²) in [7, 11) is 4.25. The Bertz CT molecular complexity index is 531. The van der Waals surface area contributed by atoms with Gasteiger partial charge in [0.2, 0.25) is 0 Å². The number of benzene rings is 1. The fourth-order valence-electron chi connectivity index (χ4n) is 2.54. The molecule has 1 heterocycles. The van der Waals surface area contributed by atoms with E-state index in [0.717, 1.165) is 13.1 Å². The summed E-state index contributed by atoms with van der Waals surface area (Å²) in [6.45, 7) is 6.12. The van der Waals surface area contributed by atoms with Crippen LogP contribution in [0.15, 0.2) is 42.9 Å². The van der Waals surface area contributed by atoms with E-state index in [2.05, 4.69) is 78.0 Å². The Balaban J connectivity index is 1.95. The van der Waals surface area contributed by atoms with Crippen molar-refractivity contribution in [3.63, 3.8) is 0 Å². The van der Waals surface area contributed by atoms with E-state index in [4.69, 9.17) is 0 Å². The summed E-state index contributed by atoms with van der Waals surface area (Å²) in [4.78, 5) is 6.50. The van der Waals surface area contributed by atoms with Gasteiger partial charge >= 0.3 is 0 Å². The Labute approximate surface area is 127 Å². The van der Waals surface area contributed by atoms with E-state index in [9.17, 15) is 0 Å². The van der Waals surface area contributed by atoms with Gasteiger partial charge in [-0.25, -0.2) is 4.98 Å². The Morgan fingerprint density at radius 1 is 1.19 bits per heavy atom.